The van der Waals surface area contributed by atoms with Gasteiger partial charge in [-0.1, -0.05) is 29.8 Å². The fraction of sp³-hybridized carbons (Fsp3) is 0.364. The number of guanidine groups is 1. The van der Waals surface area contributed by atoms with Crippen LogP contribution in [0.15, 0.2) is 53.5 Å². The summed E-state index contributed by atoms with van der Waals surface area (Å²) in [5, 5.41) is 7.13. The summed E-state index contributed by atoms with van der Waals surface area (Å²) in [4.78, 5) is 18.3. The Morgan fingerprint density at radius 2 is 1.90 bits per heavy atom. The van der Waals surface area contributed by atoms with Crippen molar-refractivity contribution < 1.29 is 9.53 Å². The molecular formula is C22H30ClIN4O2. The van der Waals surface area contributed by atoms with E-state index < -0.39 is 0 Å². The molecular weight excluding hydrogens is 515 g/mol. The van der Waals surface area contributed by atoms with Crippen LogP contribution in [0.5, 0.6) is 5.75 Å². The maximum atomic E-state index is 12.1. The Hall–Kier alpha value is -2.00. The van der Waals surface area contributed by atoms with Gasteiger partial charge in [-0.3, -0.25) is 9.79 Å². The van der Waals surface area contributed by atoms with E-state index in [1.54, 1.807) is 25.1 Å². The van der Waals surface area contributed by atoms with Crippen molar-refractivity contribution in [2.24, 2.45) is 4.99 Å². The van der Waals surface area contributed by atoms with E-state index in [9.17, 15) is 4.79 Å². The SMILES string of the molecule is CCNC(=NCCc1cccc(C(=O)N(C)C)c1)NCCOc1cccc(Cl)c1.I. The summed E-state index contributed by atoms with van der Waals surface area (Å²) in [5.74, 6) is 1.49. The lowest BCUT2D eigenvalue weighted by molar-refractivity contribution is 0.0827. The van der Waals surface area contributed by atoms with Gasteiger partial charge in [-0.25, -0.2) is 0 Å². The largest absolute Gasteiger partial charge is 0.492 e. The van der Waals surface area contributed by atoms with E-state index in [0.29, 0.717) is 30.3 Å². The number of hydrogen-bond donors (Lipinski definition) is 2. The van der Waals surface area contributed by atoms with Crippen LogP contribution in [0, 0.1) is 0 Å². The summed E-state index contributed by atoms with van der Waals surface area (Å²) in [6, 6.07) is 15.0. The zero-order chi connectivity index (χ0) is 21.1. The third-order valence-electron chi connectivity index (χ3n) is 4.05. The Bertz CT molecular complexity index is 830. The van der Waals surface area contributed by atoms with Gasteiger partial charge >= 0.3 is 0 Å². The molecule has 0 bridgehead atoms. The second kappa shape index (κ2) is 14.1. The molecule has 0 saturated carbocycles. The number of hydrogen-bond acceptors (Lipinski definition) is 3. The summed E-state index contributed by atoms with van der Waals surface area (Å²) in [6.07, 6.45) is 0.754. The first-order valence-electron chi connectivity index (χ1n) is 9.70. The van der Waals surface area contributed by atoms with E-state index in [1.165, 1.54) is 0 Å². The molecule has 0 aliphatic rings. The fourth-order valence-electron chi connectivity index (χ4n) is 2.65. The third kappa shape index (κ3) is 9.21. The Morgan fingerprint density at radius 1 is 1.13 bits per heavy atom. The van der Waals surface area contributed by atoms with Gasteiger partial charge in [-0.05, 0) is 49.2 Å². The molecule has 0 atom stereocenters. The van der Waals surface area contributed by atoms with E-state index in [1.807, 2.05) is 49.4 Å². The Morgan fingerprint density at radius 3 is 2.60 bits per heavy atom. The van der Waals surface area contributed by atoms with Crippen molar-refractivity contribution in [3.63, 3.8) is 0 Å². The Balaban J connectivity index is 0.00000450. The van der Waals surface area contributed by atoms with Gasteiger partial charge in [0.2, 0.25) is 0 Å². The van der Waals surface area contributed by atoms with Crippen LogP contribution in [0.2, 0.25) is 5.02 Å². The molecule has 2 rings (SSSR count). The number of nitrogens with zero attached hydrogens (tertiary/aromatic N) is 2. The van der Waals surface area contributed by atoms with Crippen molar-refractivity contribution in [3.05, 3.63) is 64.7 Å². The lowest BCUT2D eigenvalue weighted by Gasteiger charge is -2.13. The molecule has 8 heteroatoms. The van der Waals surface area contributed by atoms with Crippen molar-refractivity contribution in [1.82, 2.24) is 15.5 Å². The first-order valence-corrected chi connectivity index (χ1v) is 10.1. The maximum Gasteiger partial charge on any atom is 0.253 e. The first-order chi connectivity index (χ1) is 14.0. The molecule has 164 valence electrons. The van der Waals surface area contributed by atoms with Gasteiger partial charge in [0.15, 0.2) is 5.96 Å². The molecule has 0 fully saturated rings. The molecule has 2 N–H and O–H groups in total. The van der Waals surface area contributed by atoms with Crippen LogP contribution in [-0.4, -0.2) is 57.1 Å². The second-order valence-electron chi connectivity index (χ2n) is 6.64. The number of nitrogens with one attached hydrogen (secondary N) is 2. The van der Waals surface area contributed by atoms with Gasteiger partial charge in [-0.15, -0.1) is 24.0 Å². The highest BCUT2D eigenvalue weighted by atomic mass is 127. The number of carbonyl (C=O) groups excluding carboxylic acids is 1. The lowest BCUT2D eigenvalue weighted by Crippen LogP contribution is -2.39. The molecule has 0 spiro atoms. The topological polar surface area (TPSA) is 66.0 Å². The number of rotatable bonds is 9. The average Bonchev–Trinajstić information content (AvgIpc) is 2.70. The van der Waals surface area contributed by atoms with Crippen LogP contribution in [0.1, 0.15) is 22.8 Å². The van der Waals surface area contributed by atoms with E-state index in [-0.39, 0.29) is 29.9 Å². The number of amides is 1. The van der Waals surface area contributed by atoms with Gasteiger partial charge in [0.25, 0.3) is 5.91 Å². The predicted octanol–water partition coefficient (Wildman–Crippen LogP) is 3.84. The molecule has 0 aliphatic heterocycles. The first kappa shape index (κ1) is 26.0. The van der Waals surface area contributed by atoms with Gasteiger partial charge in [0, 0.05) is 37.8 Å². The van der Waals surface area contributed by atoms with Crippen LogP contribution in [0.4, 0.5) is 0 Å². The average molecular weight is 545 g/mol. The molecule has 1 amide bonds. The Kier molecular flexibility index (Phi) is 12.2. The number of benzene rings is 2. The molecule has 0 unspecified atom stereocenters. The molecule has 0 saturated heterocycles. The molecule has 6 nitrogen and oxygen atoms in total. The summed E-state index contributed by atoms with van der Waals surface area (Å²) in [6.45, 7) is 4.53. The van der Waals surface area contributed by atoms with E-state index in [2.05, 4.69) is 15.6 Å². The molecule has 0 heterocycles. The Labute approximate surface area is 201 Å². The van der Waals surface area contributed by atoms with Gasteiger partial charge in [0.1, 0.15) is 12.4 Å². The minimum Gasteiger partial charge on any atom is -0.492 e. The van der Waals surface area contributed by atoms with Gasteiger partial charge in [-0.2, -0.15) is 0 Å². The third-order valence-corrected chi connectivity index (χ3v) is 4.29. The van der Waals surface area contributed by atoms with Crippen LogP contribution >= 0.6 is 35.6 Å². The van der Waals surface area contributed by atoms with Crippen LogP contribution in [-0.2, 0) is 6.42 Å². The number of aliphatic imine (C=N–C) groups is 1. The number of carbonyl (C=O) groups is 1. The number of ether oxygens (including phenoxy) is 1. The van der Waals surface area contributed by atoms with E-state index in [0.717, 1.165) is 30.2 Å². The minimum absolute atomic E-state index is 0. The van der Waals surface area contributed by atoms with Crippen LogP contribution in [0.25, 0.3) is 0 Å². The van der Waals surface area contributed by atoms with Crippen molar-refractivity contribution >= 4 is 47.4 Å². The summed E-state index contributed by atoms with van der Waals surface area (Å²) in [5.41, 5.74) is 1.78. The standard InChI is InChI=1S/C22H29ClN4O2.HI/c1-4-24-22(26-13-14-29-20-10-6-9-19(23)16-20)25-12-11-17-7-5-8-18(15-17)21(28)27(2)3;/h5-10,15-16H,4,11-14H2,1-3H3,(H2,24,25,26);1H. The lowest BCUT2D eigenvalue weighted by atomic mass is 10.1. The van der Waals surface area contributed by atoms with Gasteiger partial charge in [0.05, 0.1) is 6.54 Å². The van der Waals surface area contributed by atoms with Crippen molar-refractivity contribution in [2.75, 3.05) is 40.3 Å². The summed E-state index contributed by atoms with van der Waals surface area (Å²) >= 11 is 5.95. The van der Waals surface area contributed by atoms with E-state index in [4.69, 9.17) is 16.3 Å². The highest BCUT2D eigenvalue weighted by Crippen LogP contribution is 2.16. The van der Waals surface area contributed by atoms with Gasteiger partial charge < -0.3 is 20.3 Å². The second-order valence-corrected chi connectivity index (χ2v) is 7.08. The van der Waals surface area contributed by atoms with Crippen LogP contribution < -0.4 is 15.4 Å². The zero-order valence-electron chi connectivity index (χ0n) is 17.7. The highest BCUT2D eigenvalue weighted by molar-refractivity contribution is 14.0. The minimum atomic E-state index is 0. The van der Waals surface area contributed by atoms with Crippen molar-refractivity contribution in [2.45, 2.75) is 13.3 Å². The zero-order valence-corrected chi connectivity index (χ0v) is 20.7. The smallest absolute Gasteiger partial charge is 0.253 e. The quantitative estimate of drug-likeness (QED) is 0.218. The highest BCUT2D eigenvalue weighted by Gasteiger charge is 2.08. The molecule has 0 radical (unpaired) electrons. The van der Waals surface area contributed by atoms with Crippen molar-refractivity contribution in [1.29, 1.82) is 0 Å². The number of halogens is 2. The molecule has 30 heavy (non-hydrogen) atoms. The predicted molar refractivity (Wildman–Crippen MR) is 135 cm³/mol. The normalized spacial score (nSPS) is 10.7. The molecule has 2 aromatic carbocycles. The molecule has 0 aliphatic carbocycles. The maximum absolute atomic E-state index is 12.1. The fourth-order valence-corrected chi connectivity index (χ4v) is 2.83. The molecule has 2 aromatic rings. The summed E-state index contributed by atoms with van der Waals surface area (Å²) < 4.78 is 5.68. The monoisotopic (exact) mass is 544 g/mol. The van der Waals surface area contributed by atoms with Crippen molar-refractivity contribution in [3.8, 4) is 5.75 Å². The molecule has 0 aromatic heterocycles. The summed E-state index contributed by atoms with van der Waals surface area (Å²) in [7, 11) is 3.51. The van der Waals surface area contributed by atoms with E-state index >= 15 is 0 Å². The van der Waals surface area contributed by atoms with Crippen LogP contribution in [0.3, 0.4) is 0 Å².